The molecule has 25 heavy (non-hydrogen) atoms. The van der Waals surface area contributed by atoms with E-state index in [0.717, 1.165) is 0 Å². The lowest BCUT2D eigenvalue weighted by molar-refractivity contribution is 0.333. The summed E-state index contributed by atoms with van der Waals surface area (Å²) in [6, 6.07) is 9.33. The quantitative estimate of drug-likeness (QED) is 0.565. The van der Waals surface area contributed by atoms with Gasteiger partial charge < -0.3 is 0 Å². The van der Waals surface area contributed by atoms with Crippen molar-refractivity contribution in [2.24, 2.45) is 16.9 Å². The molecule has 0 fully saturated rings. The number of anilines is 1. The molecule has 7 nitrogen and oxygen atoms in total. The number of nitrogens with zero attached hydrogens (tertiary/aromatic N) is 4. The van der Waals surface area contributed by atoms with Gasteiger partial charge in [0, 0.05) is 13.1 Å². The highest BCUT2D eigenvalue weighted by Gasteiger charge is 2.25. The Kier molecular flexibility index (Phi) is 7.56. The van der Waals surface area contributed by atoms with Crippen molar-refractivity contribution in [3.63, 3.8) is 0 Å². The van der Waals surface area contributed by atoms with Crippen LogP contribution in [-0.2, 0) is 10.0 Å². The SMILES string of the molecule is CC(C)CN(CC(C)C)S(=O)(=O)c1ccc(NN=C(C#N)C#N)cc1. The third-order valence-corrected chi connectivity index (χ3v) is 4.98. The van der Waals surface area contributed by atoms with Gasteiger partial charge in [-0.1, -0.05) is 27.7 Å². The zero-order valence-electron chi connectivity index (χ0n) is 14.9. The summed E-state index contributed by atoms with van der Waals surface area (Å²) in [6.07, 6.45) is 0. The second-order valence-corrected chi connectivity index (χ2v) is 8.37. The van der Waals surface area contributed by atoms with Gasteiger partial charge in [0.25, 0.3) is 0 Å². The van der Waals surface area contributed by atoms with Crippen LogP contribution in [0.4, 0.5) is 5.69 Å². The molecule has 0 amide bonds. The molecule has 134 valence electrons. The van der Waals surface area contributed by atoms with Crippen LogP contribution >= 0.6 is 0 Å². The van der Waals surface area contributed by atoms with Gasteiger partial charge in [-0.2, -0.15) is 19.9 Å². The first-order valence-corrected chi connectivity index (χ1v) is 9.38. The fourth-order valence-electron chi connectivity index (χ4n) is 2.13. The molecule has 1 aromatic carbocycles. The number of nitrogens with one attached hydrogen (secondary N) is 1. The topological polar surface area (TPSA) is 109 Å². The Morgan fingerprint density at radius 2 is 1.56 bits per heavy atom. The van der Waals surface area contributed by atoms with Gasteiger partial charge in [-0.25, -0.2) is 8.42 Å². The van der Waals surface area contributed by atoms with Gasteiger partial charge in [0.1, 0.15) is 12.1 Å². The first kappa shape index (κ1) is 20.6. The summed E-state index contributed by atoms with van der Waals surface area (Å²) >= 11 is 0. The fourth-order valence-corrected chi connectivity index (χ4v) is 3.90. The first-order chi connectivity index (χ1) is 11.7. The lowest BCUT2D eigenvalue weighted by Crippen LogP contribution is -2.37. The van der Waals surface area contributed by atoms with E-state index in [1.165, 1.54) is 16.4 Å². The number of sulfonamides is 1. The van der Waals surface area contributed by atoms with Gasteiger partial charge in [-0.3, -0.25) is 5.43 Å². The van der Waals surface area contributed by atoms with E-state index < -0.39 is 10.0 Å². The summed E-state index contributed by atoms with van der Waals surface area (Å²) in [6.45, 7) is 8.84. The molecule has 1 aromatic rings. The molecule has 1 N–H and O–H groups in total. The smallest absolute Gasteiger partial charge is 0.243 e. The third kappa shape index (κ3) is 6.18. The Labute approximate surface area is 149 Å². The summed E-state index contributed by atoms with van der Waals surface area (Å²) in [5, 5.41) is 20.9. The molecule has 0 spiro atoms. The van der Waals surface area contributed by atoms with Crippen molar-refractivity contribution >= 4 is 21.4 Å². The molecule has 0 saturated carbocycles. The maximum absolute atomic E-state index is 12.9. The fraction of sp³-hybridized carbons (Fsp3) is 0.471. The Morgan fingerprint density at radius 1 is 1.08 bits per heavy atom. The number of rotatable bonds is 8. The number of hydrogen-bond donors (Lipinski definition) is 1. The summed E-state index contributed by atoms with van der Waals surface area (Å²) in [7, 11) is -3.58. The average molecular weight is 361 g/mol. The van der Waals surface area contributed by atoms with Crippen LogP contribution in [0.25, 0.3) is 0 Å². The van der Waals surface area contributed by atoms with Crippen molar-refractivity contribution in [2.45, 2.75) is 32.6 Å². The van der Waals surface area contributed by atoms with Crippen LogP contribution in [0.2, 0.25) is 0 Å². The van der Waals surface area contributed by atoms with Crippen LogP contribution < -0.4 is 5.43 Å². The van der Waals surface area contributed by atoms with Crippen molar-refractivity contribution in [1.82, 2.24) is 4.31 Å². The molecule has 0 radical (unpaired) electrons. The van der Waals surface area contributed by atoms with Crippen molar-refractivity contribution < 1.29 is 8.42 Å². The molecule has 0 aliphatic heterocycles. The van der Waals surface area contributed by atoms with E-state index in [2.05, 4.69) is 10.5 Å². The van der Waals surface area contributed by atoms with Crippen LogP contribution in [-0.4, -0.2) is 31.5 Å². The van der Waals surface area contributed by atoms with Crippen molar-refractivity contribution in [3.8, 4) is 12.1 Å². The second-order valence-electron chi connectivity index (χ2n) is 6.43. The van der Waals surface area contributed by atoms with Gasteiger partial charge in [0.05, 0.1) is 10.6 Å². The number of benzene rings is 1. The van der Waals surface area contributed by atoms with Crippen LogP contribution in [0.15, 0.2) is 34.3 Å². The van der Waals surface area contributed by atoms with Crippen molar-refractivity contribution in [3.05, 3.63) is 24.3 Å². The maximum atomic E-state index is 12.9. The molecular formula is C17H23N5O2S. The van der Waals surface area contributed by atoms with Gasteiger partial charge in [0.15, 0.2) is 0 Å². The summed E-state index contributed by atoms with van der Waals surface area (Å²) in [4.78, 5) is 0.198. The monoisotopic (exact) mass is 361 g/mol. The highest BCUT2D eigenvalue weighted by Crippen LogP contribution is 2.20. The predicted molar refractivity (Wildman–Crippen MR) is 97.2 cm³/mol. The Hall–Kier alpha value is -2.42. The second kappa shape index (κ2) is 9.16. The minimum absolute atomic E-state index is 0.198. The third-order valence-electron chi connectivity index (χ3n) is 3.14. The summed E-state index contributed by atoms with van der Waals surface area (Å²) in [5.74, 6) is 0.443. The standard InChI is InChI=1S/C17H23N5O2S/c1-13(2)11-22(12-14(3)4)25(23,24)17-7-5-15(6-8-17)20-21-16(9-18)10-19/h5-8,13-14,20H,11-12H2,1-4H3. The van der Waals surface area contributed by atoms with E-state index in [9.17, 15) is 8.42 Å². The normalized spacial score (nSPS) is 11.2. The molecule has 0 unspecified atom stereocenters. The Morgan fingerprint density at radius 3 is 1.96 bits per heavy atom. The number of hydrogen-bond acceptors (Lipinski definition) is 6. The molecule has 0 heterocycles. The molecule has 0 aliphatic carbocycles. The van der Waals surface area contributed by atoms with E-state index in [-0.39, 0.29) is 22.4 Å². The van der Waals surface area contributed by atoms with E-state index in [1.807, 2.05) is 27.7 Å². The maximum Gasteiger partial charge on any atom is 0.243 e. The zero-order chi connectivity index (χ0) is 19.0. The Balaban J connectivity index is 3.03. The highest BCUT2D eigenvalue weighted by atomic mass is 32.2. The minimum atomic E-state index is -3.58. The largest absolute Gasteiger partial charge is 0.277 e. The molecule has 1 rings (SSSR count). The van der Waals surface area contributed by atoms with Gasteiger partial charge >= 0.3 is 0 Å². The van der Waals surface area contributed by atoms with Gasteiger partial charge in [0.2, 0.25) is 15.7 Å². The first-order valence-electron chi connectivity index (χ1n) is 7.94. The van der Waals surface area contributed by atoms with E-state index >= 15 is 0 Å². The molecule has 0 saturated heterocycles. The number of nitriles is 2. The van der Waals surface area contributed by atoms with Crippen molar-refractivity contribution in [2.75, 3.05) is 18.5 Å². The van der Waals surface area contributed by atoms with Crippen LogP contribution in [0.3, 0.4) is 0 Å². The lowest BCUT2D eigenvalue weighted by atomic mass is 10.2. The molecular weight excluding hydrogens is 338 g/mol. The van der Waals surface area contributed by atoms with E-state index in [1.54, 1.807) is 24.3 Å². The van der Waals surface area contributed by atoms with Crippen LogP contribution in [0.1, 0.15) is 27.7 Å². The molecule has 0 bridgehead atoms. The average Bonchev–Trinajstić information content (AvgIpc) is 2.54. The van der Waals surface area contributed by atoms with E-state index in [0.29, 0.717) is 18.8 Å². The van der Waals surface area contributed by atoms with Gasteiger partial charge in [-0.15, -0.1) is 0 Å². The van der Waals surface area contributed by atoms with Crippen LogP contribution in [0, 0.1) is 34.5 Å². The zero-order valence-corrected chi connectivity index (χ0v) is 15.7. The van der Waals surface area contributed by atoms with E-state index in [4.69, 9.17) is 10.5 Å². The predicted octanol–water partition coefficient (Wildman–Crippen LogP) is 2.80. The summed E-state index contributed by atoms with van der Waals surface area (Å²) < 4.78 is 27.2. The summed E-state index contributed by atoms with van der Waals surface area (Å²) in [5.41, 5.74) is 2.73. The van der Waals surface area contributed by atoms with Crippen LogP contribution in [0.5, 0.6) is 0 Å². The molecule has 0 aromatic heterocycles. The lowest BCUT2D eigenvalue weighted by Gasteiger charge is -2.25. The minimum Gasteiger partial charge on any atom is -0.277 e. The molecule has 8 heteroatoms. The molecule has 0 aliphatic rings. The Bertz CT molecular complexity index is 758. The molecule has 0 atom stereocenters. The van der Waals surface area contributed by atoms with Crippen molar-refractivity contribution in [1.29, 1.82) is 10.5 Å². The highest BCUT2D eigenvalue weighted by molar-refractivity contribution is 7.89. The number of hydrazone groups is 1. The van der Waals surface area contributed by atoms with Gasteiger partial charge in [-0.05, 0) is 36.1 Å².